The number of benzene rings is 1. The number of rotatable bonds is 7. The molecule has 0 heterocycles. The minimum absolute atomic E-state index is 0.0197. The fraction of sp³-hybridized carbons (Fsp3) is 0.471. The molecule has 21 heavy (non-hydrogen) atoms. The number of thioether (sulfide) groups is 1. The highest BCUT2D eigenvalue weighted by Crippen LogP contribution is 2.13. The highest BCUT2D eigenvalue weighted by molar-refractivity contribution is 7.98. The maximum atomic E-state index is 12.2. The van der Waals surface area contributed by atoms with E-state index in [1.54, 1.807) is 0 Å². The minimum Gasteiger partial charge on any atom is -0.352 e. The minimum atomic E-state index is -0.0197. The van der Waals surface area contributed by atoms with E-state index in [1.807, 2.05) is 36.9 Å². The second kappa shape index (κ2) is 10.3. The zero-order valence-electron chi connectivity index (χ0n) is 12.9. The summed E-state index contributed by atoms with van der Waals surface area (Å²) in [6.45, 7) is 2.98. The van der Waals surface area contributed by atoms with Crippen LogP contribution in [0.3, 0.4) is 0 Å². The smallest absolute Gasteiger partial charge is 0.251 e. The first kappa shape index (κ1) is 17.6. The molecule has 0 saturated heterocycles. The first-order valence-electron chi connectivity index (χ1n) is 7.26. The van der Waals surface area contributed by atoms with Crippen LogP contribution >= 0.6 is 11.8 Å². The number of amides is 1. The molecule has 114 valence electrons. The van der Waals surface area contributed by atoms with Crippen molar-refractivity contribution in [2.45, 2.75) is 26.2 Å². The maximum Gasteiger partial charge on any atom is 0.251 e. The molecule has 0 bridgehead atoms. The van der Waals surface area contributed by atoms with Crippen molar-refractivity contribution in [1.82, 2.24) is 5.32 Å². The van der Waals surface area contributed by atoms with E-state index >= 15 is 0 Å². The summed E-state index contributed by atoms with van der Waals surface area (Å²) in [5.41, 5.74) is 7.87. The average molecular weight is 304 g/mol. The molecule has 0 spiro atoms. The van der Waals surface area contributed by atoms with Gasteiger partial charge in [0, 0.05) is 17.7 Å². The van der Waals surface area contributed by atoms with Gasteiger partial charge in [0.15, 0.2) is 0 Å². The van der Waals surface area contributed by atoms with Crippen LogP contribution in [-0.2, 0) is 0 Å². The number of hydrogen-bond acceptors (Lipinski definition) is 3. The summed E-state index contributed by atoms with van der Waals surface area (Å²) < 4.78 is 0. The molecule has 0 radical (unpaired) electrons. The summed E-state index contributed by atoms with van der Waals surface area (Å²) in [5, 5.41) is 2.98. The Morgan fingerprint density at radius 3 is 2.86 bits per heavy atom. The van der Waals surface area contributed by atoms with Gasteiger partial charge in [-0.1, -0.05) is 24.3 Å². The molecule has 1 aromatic carbocycles. The molecular weight excluding hydrogens is 280 g/mol. The largest absolute Gasteiger partial charge is 0.352 e. The Bertz CT molecular complexity index is 517. The molecule has 0 fully saturated rings. The van der Waals surface area contributed by atoms with Gasteiger partial charge in [-0.15, -0.1) is 0 Å². The summed E-state index contributed by atoms with van der Waals surface area (Å²) in [4.78, 5) is 12.2. The molecule has 3 nitrogen and oxygen atoms in total. The van der Waals surface area contributed by atoms with Crippen LogP contribution in [0.25, 0.3) is 0 Å². The van der Waals surface area contributed by atoms with Crippen molar-refractivity contribution in [3.05, 3.63) is 34.9 Å². The normalized spacial score (nSPS) is 9.86. The van der Waals surface area contributed by atoms with E-state index in [4.69, 9.17) is 5.73 Å². The number of nitrogens with one attached hydrogen (secondary N) is 1. The Labute approximate surface area is 132 Å². The first-order valence-corrected chi connectivity index (χ1v) is 8.65. The predicted molar refractivity (Wildman–Crippen MR) is 91.7 cm³/mol. The number of carbonyl (C=O) groups is 1. The van der Waals surface area contributed by atoms with Crippen molar-refractivity contribution >= 4 is 17.7 Å². The van der Waals surface area contributed by atoms with Crippen molar-refractivity contribution in [1.29, 1.82) is 0 Å². The molecule has 0 atom stereocenters. The second-order valence-electron chi connectivity index (χ2n) is 4.79. The van der Waals surface area contributed by atoms with E-state index in [1.165, 1.54) is 12.2 Å². The molecule has 1 rings (SSSR count). The molecule has 1 aromatic rings. The Morgan fingerprint density at radius 2 is 2.14 bits per heavy atom. The van der Waals surface area contributed by atoms with Gasteiger partial charge < -0.3 is 11.1 Å². The summed E-state index contributed by atoms with van der Waals surface area (Å²) >= 11 is 1.86. The first-order chi connectivity index (χ1) is 10.2. The van der Waals surface area contributed by atoms with Gasteiger partial charge in [-0.25, -0.2) is 0 Å². The van der Waals surface area contributed by atoms with E-state index in [0.29, 0.717) is 12.1 Å². The van der Waals surface area contributed by atoms with Gasteiger partial charge in [-0.2, -0.15) is 11.8 Å². The molecule has 4 heteroatoms. The highest BCUT2D eigenvalue weighted by Gasteiger charge is 2.10. The molecule has 1 amide bonds. The third-order valence-corrected chi connectivity index (χ3v) is 3.91. The third kappa shape index (κ3) is 6.24. The van der Waals surface area contributed by atoms with Crippen LogP contribution in [0.15, 0.2) is 18.2 Å². The van der Waals surface area contributed by atoms with Crippen molar-refractivity contribution in [2.75, 3.05) is 25.1 Å². The van der Waals surface area contributed by atoms with E-state index in [9.17, 15) is 4.79 Å². The Balaban J connectivity index is 2.54. The number of nitrogens with two attached hydrogens (primary N) is 1. The van der Waals surface area contributed by atoms with Crippen LogP contribution in [0.5, 0.6) is 0 Å². The monoisotopic (exact) mass is 304 g/mol. The van der Waals surface area contributed by atoms with Gasteiger partial charge in [0.2, 0.25) is 0 Å². The predicted octanol–water partition coefficient (Wildman–Crippen LogP) is 2.57. The zero-order chi connectivity index (χ0) is 15.5. The van der Waals surface area contributed by atoms with Gasteiger partial charge in [0.05, 0.1) is 6.54 Å². The van der Waals surface area contributed by atoms with Crippen LogP contribution < -0.4 is 11.1 Å². The van der Waals surface area contributed by atoms with Crippen LogP contribution in [0.2, 0.25) is 0 Å². The molecule has 3 N–H and O–H groups in total. The van der Waals surface area contributed by atoms with Gasteiger partial charge >= 0.3 is 0 Å². The van der Waals surface area contributed by atoms with E-state index in [2.05, 4.69) is 23.4 Å². The van der Waals surface area contributed by atoms with Crippen molar-refractivity contribution in [3.8, 4) is 11.8 Å². The van der Waals surface area contributed by atoms with E-state index in [0.717, 1.165) is 30.5 Å². The number of hydrogen-bond donors (Lipinski definition) is 2. The molecular formula is C17H24N2OS. The van der Waals surface area contributed by atoms with Crippen molar-refractivity contribution in [3.63, 3.8) is 0 Å². The van der Waals surface area contributed by atoms with E-state index < -0.39 is 0 Å². The standard InChI is InChI=1S/C17H24N2OS/c1-14-15(9-7-11-18)8-6-10-16(14)17(20)19-12-4-3-5-13-21-2/h6,8,10H,3-5,11-13,18H2,1-2H3,(H,19,20). The topological polar surface area (TPSA) is 55.1 Å². The van der Waals surface area contributed by atoms with Gasteiger partial charge in [0.1, 0.15) is 0 Å². The summed E-state index contributed by atoms with van der Waals surface area (Å²) in [7, 11) is 0. The molecule has 0 aromatic heterocycles. The molecule has 0 unspecified atom stereocenters. The molecule has 0 aliphatic heterocycles. The van der Waals surface area contributed by atoms with Gasteiger partial charge in [-0.05, 0) is 49.5 Å². The van der Waals surface area contributed by atoms with Crippen molar-refractivity contribution < 1.29 is 4.79 Å². The lowest BCUT2D eigenvalue weighted by molar-refractivity contribution is 0.0952. The van der Waals surface area contributed by atoms with E-state index in [-0.39, 0.29) is 5.91 Å². The lowest BCUT2D eigenvalue weighted by Gasteiger charge is -2.09. The summed E-state index contributed by atoms with van der Waals surface area (Å²) in [5.74, 6) is 7.00. The fourth-order valence-corrected chi connectivity index (χ4v) is 2.50. The number of unbranched alkanes of at least 4 members (excludes halogenated alkanes) is 2. The Morgan fingerprint density at radius 1 is 1.33 bits per heavy atom. The lowest BCUT2D eigenvalue weighted by Crippen LogP contribution is -2.25. The van der Waals surface area contributed by atoms with Gasteiger partial charge in [-0.3, -0.25) is 4.79 Å². The number of carbonyl (C=O) groups excluding carboxylic acids is 1. The summed E-state index contributed by atoms with van der Waals surface area (Å²) in [6.07, 6.45) is 5.51. The highest BCUT2D eigenvalue weighted by atomic mass is 32.2. The lowest BCUT2D eigenvalue weighted by atomic mass is 10.0. The van der Waals surface area contributed by atoms with Gasteiger partial charge in [0.25, 0.3) is 5.91 Å². The second-order valence-corrected chi connectivity index (χ2v) is 5.78. The maximum absolute atomic E-state index is 12.2. The molecule has 0 aliphatic carbocycles. The van der Waals surface area contributed by atoms with Crippen LogP contribution in [0.4, 0.5) is 0 Å². The van der Waals surface area contributed by atoms with Crippen LogP contribution in [-0.4, -0.2) is 31.0 Å². The SMILES string of the molecule is CSCCCCCNC(=O)c1cccc(C#CCN)c1C. The van der Waals surface area contributed by atoms with Crippen LogP contribution in [0, 0.1) is 18.8 Å². The molecule has 0 saturated carbocycles. The summed E-state index contributed by atoms with van der Waals surface area (Å²) in [6, 6.07) is 5.62. The Hall–Kier alpha value is -1.44. The average Bonchev–Trinajstić information content (AvgIpc) is 2.49. The van der Waals surface area contributed by atoms with Crippen LogP contribution in [0.1, 0.15) is 40.7 Å². The van der Waals surface area contributed by atoms with Crippen molar-refractivity contribution in [2.24, 2.45) is 5.73 Å². The zero-order valence-corrected chi connectivity index (χ0v) is 13.7. The third-order valence-electron chi connectivity index (χ3n) is 3.21. The Kier molecular flexibility index (Phi) is 8.65. The molecule has 0 aliphatic rings. The quantitative estimate of drug-likeness (QED) is 0.601. The fourth-order valence-electron chi connectivity index (χ4n) is 2.01.